The minimum absolute atomic E-state index is 0.122. The second-order valence-corrected chi connectivity index (χ2v) is 10.9. The molecule has 0 bridgehead atoms. The molecule has 0 radical (unpaired) electrons. The van der Waals surface area contributed by atoms with Crippen LogP contribution in [0.25, 0.3) is 17.0 Å². The molecule has 30 heavy (non-hydrogen) atoms. The number of fused-ring (bicyclic) bond motifs is 1. The minimum atomic E-state index is -2.94. The third kappa shape index (κ3) is 3.39. The van der Waals surface area contributed by atoms with Crippen LogP contribution in [0.1, 0.15) is 26.5 Å². The summed E-state index contributed by atoms with van der Waals surface area (Å²) >= 11 is 0. The van der Waals surface area contributed by atoms with Crippen LogP contribution in [0.5, 0.6) is 0 Å². The van der Waals surface area contributed by atoms with Crippen molar-refractivity contribution < 1.29 is 8.95 Å². The van der Waals surface area contributed by atoms with E-state index in [2.05, 4.69) is 16.8 Å². The van der Waals surface area contributed by atoms with Crippen LogP contribution in [0.3, 0.4) is 0 Å². The molecule has 1 aliphatic rings. The Bertz CT molecular complexity index is 1200. The smallest absolute Gasteiger partial charge is 0.239 e. The maximum absolute atomic E-state index is 12.8. The molecule has 1 aromatic carbocycles. The number of imidazole rings is 1. The average Bonchev–Trinajstić information content (AvgIpc) is 3.02. The summed E-state index contributed by atoms with van der Waals surface area (Å²) in [6.07, 6.45) is 1.44. The highest BCUT2D eigenvalue weighted by atomic mass is 32.2. The fourth-order valence-electron chi connectivity index (χ4n) is 3.50. The monoisotopic (exact) mass is 429 g/mol. The first-order valence-corrected chi connectivity index (χ1v) is 11.8. The average molecular weight is 430 g/mol. The number of morpholine rings is 1. The Balaban J connectivity index is 1.97. The molecular weight excluding hydrogens is 402 g/mol. The molecule has 10 heteroatoms. The summed E-state index contributed by atoms with van der Waals surface area (Å²) in [7, 11) is -2.94. The number of hydrogen-bond donors (Lipinski definition) is 2. The molecule has 9 nitrogen and oxygen atoms in total. The number of aromatic nitrogens is 4. The van der Waals surface area contributed by atoms with Crippen LogP contribution in [0.4, 0.5) is 11.8 Å². The van der Waals surface area contributed by atoms with Crippen molar-refractivity contribution in [2.75, 3.05) is 36.6 Å². The number of nitrogen functional groups attached to an aromatic ring is 1. The molecule has 3 N–H and O–H groups in total. The molecule has 4 rings (SSSR count). The third-order valence-electron chi connectivity index (χ3n) is 5.74. The zero-order valence-electron chi connectivity index (χ0n) is 17.6. The SMILES string of the molecule is C[C@@H]1COCCN1c1cc(C(C)(C)[S@](C)(=N)=O)nc(-n2c(N)nc3ccccc32)n1. The van der Waals surface area contributed by atoms with Crippen LogP contribution in [-0.4, -0.2) is 55.8 Å². The minimum Gasteiger partial charge on any atom is -0.377 e. The fourth-order valence-corrected chi connectivity index (χ4v) is 4.00. The quantitative estimate of drug-likeness (QED) is 0.653. The molecule has 0 saturated carbocycles. The van der Waals surface area contributed by atoms with E-state index in [1.165, 1.54) is 6.26 Å². The second-order valence-electron chi connectivity index (χ2n) is 8.18. The number of rotatable bonds is 4. The number of hydrogen-bond acceptors (Lipinski definition) is 8. The van der Waals surface area contributed by atoms with Gasteiger partial charge in [0.05, 0.1) is 50.5 Å². The molecule has 0 unspecified atom stereocenters. The Morgan fingerprint density at radius 3 is 2.70 bits per heavy atom. The first-order chi connectivity index (χ1) is 14.1. The van der Waals surface area contributed by atoms with Gasteiger partial charge in [-0.2, -0.15) is 4.98 Å². The van der Waals surface area contributed by atoms with E-state index in [4.69, 9.17) is 25.2 Å². The zero-order chi connectivity index (χ0) is 21.7. The van der Waals surface area contributed by atoms with Crippen molar-refractivity contribution in [2.24, 2.45) is 0 Å². The summed E-state index contributed by atoms with van der Waals surface area (Å²) in [5.74, 6) is 1.32. The Labute approximate surface area is 176 Å². The summed E-state index contributed by atoms with van der Waals surface area (Å²) in [6.45, 7) is 7.49. The van der Waals surface area contributed by atoms with Gasteiger partial charge in [0.2, 0.25) is 11.9 Å². The van der Waals surface area contributed by atoms with Gasteiger partial charge in [0.1, 0.15) is 5.82 Å². The normalized spacial score (nSPS) is 19.7. The zero-order valence-corrected chi connectivity index (χ0v) is 18.4. The van der Waals surface area contributed by atoms with E-state index < -0.39 is 14.5 Å². The van der Waals surface area contributed by atoms with Crippen LogP contribution < -0.4 is 10.6 Å². The molecule has 0 amide bonds. The van der Waals surface area contributed by atoms with Crippen molar-refractivity contribution in [3.05, 3.63) is 36.0 Å². The number of ether oxygens (including phenoxy) is 1. The summed E-state index contributed by atoms with van der Waals surface area (Å²) in [4.78, 5) is 16.1. The molecular formula is C20H27N7O2S. The van der Waals surface area contributed by atoms with Gasteiger partial charge in [0.15, 0.2) is 0 Å². The number of nitrogens with one attached hydrogen (secondary N) is 1. The van der Waals surface area contributed by atoms with Crippen molar-refractivity contribution in [3.63, 3.8) is 0 Å². The molecule has 1 aliphatic heterocycles. The molecule has 160 valence electrons. The summed E-state index contributed by atoms with van der Waals surface area (Å²) in [5, 5.41) is 0. The number of nitrogens with zero attached hydrogens (tertiary/aromatic N) is 5. The van der Waals surface area contributed by atoms with E-state index in [9.17, 15) is 4.21 Å². The van der Waals surface area contributed by atoms with Crippen molar-refractivity contribution in [2.45, 2.75) is 31.6 Å². The van der Waals surface area contributed by atoms with E-state index in [0.717, 1.165) is 11.0 Å². The van der Waals surface area contributed by atoms with Gasteiger partial charge in [-0.15, -0.1) is 0 Å². The molecule has 1 saturated heterocycles. The summed E-state index contributed by atoms with van der Waals surface area (Å²) in [6, 6.07) is 9.54. The van der Waals surface area contributed by atoms with Gasteiger partial charge in [0.25, 0.3) is 0 Å². The van der Waals surface area contributed by atoms with Crippen molar-refractivity contribution >= 4 is 32.5 Å². The lowest BCUT2D eigenvalue weighted by Gasteiger charge is -2.35. The van der Waals surface area contributed by atoms with Gasteiger partial charge in [0, 0.05) is 18.9 Å². The molecule has 3 heterocycles. The standard InChI is InChI=1S/C20H27N7O2S/c1-13-12-29-10-9-26(13)17-11-16(20(2,3)30(4,22)28)24-19(25-17)27-15-8-6-5-7-14(15)23-18(27)21/h5-8,11,13,22H,9-10,12H2,1-4H3,(H2,21,23)/t13-,30-/m1/s1. The Kier molecular flexibility index (Phi) is 4.94. The largest absolute Gasteiger partial charge is 0.377 e. The third-order valence-corrected chi connectivity index (χ3v) is 7.90. The van der Waals surface area contributed by atoms with Gasteiger partial charge in [-0.05, 0) is 32.9 Å². The molecule has 0 aliphatic carbocycles. The first kappa shape index (κ1) is 20.5. The maximum Gasteiger partial charge on any atom is 0.239 e. The van der Waals surface area contributed by atoms with Gasteiger partial charge in [-0.25, -0.2) is 18.7 Å². The molecule has 2 aromatic heterocycles. The van der Waals surface area contributed by atoms with E-state index in [0.29, 0.717) is 37.2 Å². The first-order valence-electron chi connectivity index (χ1n) is 9.80. The van der Waals surface area contributed by atoms with Crippen LogP contribution in [0.2, 0.25) is 0 Å². The van der Waals surface area contributed by atoms with Crippen LogP contribution >= 0.6 is 0 Å². The topological polar surface area (TPSA) is 123 Å². The van der Waals surface area contributed by atoms with E-state index >= 15 is 0 Å². The van der Waals surface area contributed by atoms with Crippen LogP contribution in [0.15, 0.2) is 30.3 Å². The highest BCUT2D eigenvalue weighted by molar-refractivity contribution is 7.92. The van der Waals surface area contributed by atoms with E-state index in [-0.39, 0.29) is 12.0 Å². The predicted molar refractivity (Wildman–Crippen MR) is 119 cm³/mol. The number of benzene rings is 1. The summed E-state index contributed by atoms with van der Waals surface area (Å²) in [5.41, 5.74) is 8.29. The molecule has 2 atom stereocenters. The van der Waals surface area contributed by atoms with Gasteiger partial charge >= 0.3 is 0 Å². The van der Waals surface area contributed by atoms with Gasteiger partial charge in [-0.3, -0.25) is 4.78 Å². The van der Waals surface area contributed by atoms with E-state index in [1.54, 1.807) is 18.4 Å². The summed E-state index contributed by atoms with van der Waals surface area (Å²) < 4.78 is 27.3. The Morgan fingerprint density at radius 2 is 2.00 bits per heavy atom. The predicted octanol–water partition coefficient (Wildman–Crippen LogP) is 2.53. The lowest BCUT2D eigenvalue weighted by molar-refractivity contribution is 0.0985. The van der Waals surface area contributed by atoms with Crippen molar-refractivity contribution in [1.29, 1.82) is 4.78 Å². The number of nitrogens with two attached hydrogens (primary N) is 1. The number of para-hydroxylation sites is 2. The highest BCUT2D eigenvalue weighted by Gasteiger charge is 2.33. The molecule has 0 spiro atoms. The van der Waals surface area contributed by atoms with Gasteiger partial charge < -0.3 is 15.4 Å². The Hall–Kier alpha value is -2.72. The molecule has 3 aromatic rings. The maximum atomic E-state index is 12.8. The van der Waals surface area contributed by atoms with Crippen LogP contribution in [0, 0.1) is 4.78 Å². The highest BCUT2D eigenvalue weighted by Crippen LogP contribution is 2.32. The van der Waals surface area contributed by atoms with Crippen LogP contribution in [-0.2, 0) is 19.2 Å². The van der Waals surface area contributed by atoms with Gasteiger partial charge in [-0.1, -0.05) is 12.1 Å². The van der Waals surface area contributed by atoms with Crippen molar-refractivity contribution in [3.8, 4) is 5.95 Å². The number of anilines is 2. The van der Waals surface area contributed by atoms with E-state index in [1.807, 2.05) is 30.3 Å². The second kappa shape index (κ2) is 7.21. The lowest BCUT2D eigenvalue weighted by Crippen LogP contribution is -2.44. The van der Waals surface area contributed by atoms with Crippen molar-refractivity contribution in [1.82, 2.24) is 19.5 Å². The Morgan fingerprint density at radius 1 is 1.27 bits per heavy atom. The fraction of sp³-hybridized carbons (Fsp3) is 0.450. The molecule has 1 fully saturated rings. The lowest BCUT2D eigenvalue weighted by atomic mass is 10.1.